The Hall–Kier alpha value is -1.01. The molecule has 0 unspecified atom stereocenters. The Morgan fingerprint density at radius 3 is 2.06 bits per heavy atom. The minimum Gasteiger partial charge on any atom is -0.394 e. The highest BCUT2D eigenvalue weighted by Crippen LogP contribution is 2.88. The van der Waals surface area contributed by atoms with E-state index >= 15 is 0 Å². The van der Waals surface area contributed by atoms with Crippen LogP contribution in [0.5, 0.6) is 0 Å². The van der Waals surface area contributed by atoms with E-state index in [1.807, 2.05) is 0 Å². The lowest BCUT2D eigenvalue weighted by molar-refractivity contribution is -0.345. The van der Waals surface area contributed by atoms with Gasteiger partial charge >= 0.3 is 0 Å². The topological polar surface area (TPSA) is 295 Å². The maximum Gasteiger partial charge on any atom is 0.187 e. The van der Waals surface area contributed by atoms with Gasteiger partial charge in [-0.3, -0.25) is 4.79 Å². The molecule has 0 aromatic rings. The second-order valence-corrected chi connectivity index (χ2v) is 23.3. The SMILES string of the molecule is C[C@H](CC[C@@H](O[C@@H]1O[C@H](CO)[C@@H](O)[C@H](O)[C@H]1O)C(C)(C)O[C@@H]1OC[C@@H](O)[C@H](O)[C@H]1O)[C@H]1[C@H](O)C[C@@]2(C)[C@@H]3CC(=O)[C@H]4C(C)(C)[C@@H](O[C@@H]5O[C@@H](C)[C@H](O)[C@@H](O)[C@H]5O)CC[C@@]45C[C@@]35CC[C@]12C. The summed E-state index contributed by atoms with van der Waals surface area (Å²) in [6.07, 6.45) is -15.9. The molecule has 0 amide bonds. The van der Waals surface area contributed by atoms with Gasteiger partial charge in [0.05, 0.1) is 43.2 Å². The van der Waals surface area contributed by atoms with Crippen LogP contribution >= 0.6 is 0 Å². The number of fused-ring (bicyclic) bond motifs is 2. The van der Waals surface area contributed by atoms with Crippen molar-refractivity contribution in [3.05, 3.63) is 0 Å². The van der Waals surface area contributed by atoms with Crippen molar-refractivity contribution in [1.82, 2.24) is 0 Å². The van der Waals surface area contributed by atoms with Gasteiger partial charge in [-0.25, -0.2) is 0 Å². The van der Waals surface area contributed by atoms with Crippen LogP contribution in [0.25, 0.3) is 0 Å². The van der Waals surface area contributed by atoms with Gasteiger partial charge in [-0.05, 0) is 112 Å². The van der Waals surface area contributed by atoms with E-state index < -0.39 is 122 Å². The number of carbonyl (C=O) groups excluding carboxylic acids is 1. The maximum absolute atomic E-state index is 14.8. The smallest absolute Gasteiger partial charge is 0.187 e. The molecule has 374 valence electrons. The first-order valence-electron chi connectivity index (χ1n) is 24.1. The van der Waals surface area contributed by atoms with Gasteiger partial charge in [0.25, 0.3) is 0 Å². The molecular formula is C47H78O18. The average molecular weight is 931 g/mol. The molecule has 65 heavy (non-hydrogen) atoms. The fourth-order valence-corrected chi connectivity index (χ4v) is 15.5. The molecule has 3 heterocycles. The van der Waals surface area contributed by atoms with Crippen molar-refractivity contribution < 1.29 is 89.4 Å². The summed E-state index contributed by atoms with van der Waals surface area (Å²) in [5.41, 5.74) is -3.00. The largest absolute Gasteiger partial charge is 0.394 e. The van der Waals surface area contributed by atoms with Crippen LogP contribution in [0.15, 0.2) is 0 Å². The number of rotatable bonds is 12. The lowest BCUT2D eigenvalue weighted by atomic mass is 9.41. The first-order valence-corrected chi connectivity index (χ1v) is 24.1. The van der Waals surface area contributed by atoms with Crippen molar-refractivity contribution in [3.63, 3.8) is 0 Å². The third kappa shape index (κ3) is 7.74. The highest BCUT2D eigenvalue weighted by atomic mass is 16.7. The Morgan fingerprint density at radius 1 is 0.738 bits per heavy atom. The van der Waals surface area contributed by atoms with Crippen LogP contribution in [0.3, 0.4) is 0 Å². The molecule has 3 saturated heterocycles. The van der Waals surface area contributed by atoms with E-state index in [0.717, 1.165) is 25.7 Å². The summed E-state index contributed by atoms with van der Waals surface area (Å²) in [7, 11) is 0. The number of aliphatic hydroxyl groups excluding tert-OH is 11. The Kier molecular flexibility index (Phi) is 13.5. The zero-order chi connectivity index (χ0) is 47.7. The molecule has 5 aliphatic carbocycles. The van der Waals surface area contributed by atoms with Crippen molar-refractivity contribution in [3.8, 4) is 0 Å². The molecule has 3 aliphatic heterocycles. The first kappa shape index (κ1) is 50.4. The van der Waals surface area contributed by atoms with Gasteiger partial charge in [0.15, 0.2) is 18.9 Å². The van der Waals surface area contributed by atoms with Gasteiger partial charge in [0, 0.05) is 17.8 Å². The molecule has 18 heteroatoms. The minimum absolute atomic E-state index is 0.0454. The van der Waals surface area contributed by atoms with Crippen molar-refractivity contribution in [2.45, 2.75) is 223 Å². The number of ketones is 1. The van der Waals surface area contributed by atoms with E-state index in [4.69, 9.17) is 28.4 Å². The summed E-state index contributed by atoms with van der Waals surface area (Å²) in [4.78, 5) is 14.8. The van der Waals surface area contributed by atoms with Crippen LogP contribution in [0.4, 0.5) is 0 Å². The molecule has 8 fully saturated rings. The van der Waals surface area contributed by atoms with Gasteiger partial charge in [-0.2, -0.15) is 0 Å². The quantitative estimate of drug-likeness (QED) is 0.111. The predicted molar refractivity (Wildman–Crippen MR) is 226 cm³/mol. The Balaban J connectivity index is 0.998. The summed E-state index contributed by atoms with van der Waals surface area (Å²) in [5.74, 6) is -0.335. The van der Waals surface area contributed by atoms with Crippen LogP contribution < -0.4 is 0 Å². The predicted octanol–water partition coefficient (Wildman–Crippen LogP) is -0.376. The minimum atomic E-state index is -1.70. The van der Waals surface area contributed by atoms with Crippen molar-refractivity contribution in [2.24, 2.45) is 50.7 Å². The fraction of sp³-hybridized carbons (Fsp3) is 0.979. The molecule has 11 N–H and O–H groups in total. The number of ether oxygens (including phenoxy) is 6. The summed E-state index contributed by atoms with van der Waals surface area (Å²) in [5, 5.41) is 117. The number of hydrogen-bond acceptors (Lipinski definition) is 18. The van der Waals surface area contributed by atoms with Gasteiger partial charge < -0.3 is 84.6 Å². The standard InChI is InChI=1S/C47H78O18/c1-20(9-10-28(64-41-37(59)34(56)32(54)25(17-48)62-41)43(5,6)65-39-35(57)31(53)24(51)18-60-39)29-23(50)16-45(8)26-15-22(49)38-42(3,4)27(63-40-36(58)33(55)30(52)21(2)61-40)11-12-47(38)19-46(26,47)14-13-44(29,45)7/h20-21,23-41,48,50-59H,9-19H2,1-8H3/t20-,21+,23-,24-,25-,26+,27+,28-,29+,30+,31+,32-,33-,34+,35-,36-,37-,38+,39+,40+,41+,44-,45+,46+,47-/m1/s1. The van der Waals surface area contributed by atoms with E-state index in [0.29, 0.717) is 25.7 Å². The maximum atomic E-state index is 14.8. The molecule has 8 aliphatic rings. The molecule has 2 spiro atoms. The van der Waals surface area contributed by atoms with Gasteiger partial charge in [-0.15, -0.1) is 0 Å². The Bertz CT molecular complexity index is 1730. The van der Waals surface area contributed by atoms with E-state index in [9.17, 15) is 61.0 Å². The highest BCUT2D eigenvalue weighted by Gasteiger charge is 2.84. The van der Waals surface area contributed by atoms with E-state index in [1.54, 1.807) is 20.8 Å². The fourth-order valence-electron chi connectivity index (χ4n) is 15.5. The van der Waals surface area contributed by atoms with Gasteiger partial charge in [0.2, 0.25) is 0 Å². The zero-order valence-electron chi connectivity index (χ0n) is 39.2. The van der Waals surface area contributed by atoms with E-state index in [2.05, 4.69) is 34.6 Å². The molecule has 0 radical (unpaired) electrons. The molecule has 8 rings (SSSR count). The molecule has 5 saturated carbocycles. The Labute approximate surface area is 381 Å². The van der Waals surface area contributed by atoms with E-state index in [1.165, 1.54) is 0 Å². The number of aliphatic hydroxyl groups is 11. The van der Waals surface area contributed by atoms with Gasteiger partial charge in [-0.1, -0.05) is 34.6 Å². The van der Waals surface area contributed by atoms with Crippen molar-refractivity contribution in [2.75, 3.05) is 13.2 Å². The van der Waals surface area contributed by atoms with Crippen LogP contribution in [-0.2, 0) is 33.2 Å². The van der Waals surface area contributed by atoms with Crippen molar-refractivity contribution in [1.29, 1.82) is 0 Å². The summed E-state index contributed by atoms with van der Waals surface area (Å²) < 4.78 is 36.3. The molecule has 0 bridgehead atoms. The normalized spacial score (nSPS) is 53.9. The van der Waals surface area contributed by atoms with Gasteiger partial charge in [0.1, 0.15) is 66.8 Å². The number of carbonyl (C=O) groups is 1. The summed E-state index contributed by atoms with van der Waals surface area (Å²) in [6, 6.07) is 0. The monoisotopic (exact) mass is 931 g/mol. The average Bonchev–Trinajstić information content (AvgIpc) is 3.83. The van der Waals surface area contributed by atoms with Crippen LogP contribution in [0, 0.1) is 50.7 Å². The molecule has 0 aromatic carbocycles. The first-order chi connectivity index (χ1) is 30.2. The van der Waals surface area contributed by atoms with Crippen LogP contribution in [-0.4, -0.2) is 185 Å². The summed E-state index contributed by atoms with van der Waals surface area (Å²) in [6.45, 7) is 14.8. The Morgan fingerprint density at radius 2 is 1.38 bits per heavy atom. The lowest BCUT2D eigenvalue weighted by Gasteiger charge is -2.63. The van der Waals surface area contributed by atoms with Crippen molar-refractivity contribution >= 4 is 5.78 Å². The second-order valence-electron chi connectivity index (χ2n) is 23.3. The highest BCUT2D eigenvalue weighted by molar-refractivity contribution is 5.86. The lowest BCUT2D eigenvalue weighted by Crippen LogP contribution is -2.62. The van der Waals surface area contributed by atoms with Crippen LogP contribution in [0.1, 0.15) is 113 Å². The molecule has 25 atom stereocenters. The number of Topliss-reactive ketones (excluding diaryl/α,β-unsaturated/α-hetero) is 1. The summed E-state index contributed by atoms with van der Waals surface area (Å²) >= 11 is 0. The third-order valence-corrected chi connectivity index (χ3v) is 19.2. The second kappa shape index (κ2) is 17.4. The zero-order valence-corrected chi connectivity index (χ0v) is 39.2. The number of hydrogen-bond donors (Lipinski definition) is 11. The van der Waals surface area contributed by atoms with Crippen LogP contribution in [0.2, 0.25) is 0 Å². The molecule has 18 nitrogen and oxygen atoms in total. The molecule has 0 aromatic heterocycles. The third-order valence-electron chi connectivity index (χ3n) is 19.2. The molecular weight excluding hydrogens is 852 g/mol. The van der Waals surface area contributed by atoms with E-state index in [-0.39, 0.29) is 64.1 Å².